The summed E-state index contributed by atoms with van der Waals surface area (Å²) in [4.78, 5) is 28.4. The molecule has 2 aromatic heterocycles. The average molecular weight is 523 g/mol. The van der Waals surface area contributed by atoms with Crippen molar-refractivity contribution in [2.45, 2.75) is 78.3 Å². The van der Waals surface area contributed by atoms with E-state index in [-0.39, 0.29) is 11.5 Å². The zero-order chi connectivity index (χ0) is 27.8. The third-order valence-corrected chi connectivity index (χ3v) is 5.57. The summed E-state index contributed by atoms with van der Waals surface area (Å²) in [5.74, 6) is 0.213. The second-order valence-corrected chi connectivity index (χ2v) is 8.63. The van der Waals surface area contributed by atoms with E-state index >= 15 is 0 Å². The molecule has 11 heteroatoms. The number of carbonyl (C=O) groups is 1. The van der Waals surface area contributed by atoms with Crippen molar-refractivity contribution in [3.63, 3.8) is 0 Å². The smallest absolute Gasteiger partial charge is 0.343 e. The second-order valence-electron chi connectivity index (χ2n) is 8.63. The first-order chi connectivity index (χ1) is 17.6. The molecule has 0 fully saturated rings. The van der Waals surface area contributed by atoms with Crippen LogP contribution >= 0.6 is 0 Å². The molecule has 0 radical (unpaired) electrons. The van der Waals surface area contributed by atoms with E-state index in [4.69, 9.17) is 11.0 Å². The number of pyridine rings is 1. The highest BCUT2D eigenvalue weighted by Crippen LogP contribution is 2.33. The van der Waals surface area contributed by atoms with Gasteiger partial charge in [-0.1, -0.05) is 26.7 Å². The van der Waals surface area contributed by atoms with E-state index < -0.39 is 17.3 Å². The molecule has 0 spiro atoms. The highest BCUT2D eigenvalue weighted by Gasteiger charge is 2.39. The number of hydrogen-bond donors (Lipinski definition) is 2. The van der Waals surface area contributed by atoms with E-state index in [1.165, 1.54) is 12.8 Å². The number of nitrogens with zero attached hydrogens (tertiary/aromatic N) is 4. The van der Waals surface area contributed by atoms with E-state index in [1.807, 2.05) is 29.1 Å². The van der Waals surface area contributed by atoms with Crippen LogP contribution in [0.25, 0.3) is 0 Å². The Hall–Kier alpha value is -3.26. The van der Waals surface area contributed by atoms with Crippen molar-refractivity contribution in [1.82, 2.24) is 20.1 Å². The van der Waals surface area contributed by atoms with Gasteiger partial charge in [0.2, 0.25) is 5.91 Å². The molecule has 8 nitrogen and oxygen atoms in total. The van der Waals surface area contributed by atoms with Crippen LogP contribution in [0.4, 0.5) is 13.2 Å². The highest BCUT2D eigenvalue weighted by molar-refractivity contribution is 5.76. The maximum atomic E-state index is 12.5. The van der Waals surface area contributed by atoms with Gasteiger partial charge in [0, 0.05) is 37.9 Å². The number of hydrogen-bond acceptors (Lipinski definition) is 6. The first-order valence-electron chi connectivity index (χ1n) is 12.6. The topological polar surface area (TPSA) is 129 Å². The molecule has 0 atom stereocenters. The molecule has 1 aliphatic rings. The largest absolute Gasteiger partial charge is 0.422 e. The Morgan fingerprint density at radius 2 is 1.92 bits per heavy atom. The van der Waals surface area contributed by atoms with Gasteiger partial charge in [0.25, 0.3) is 5.56 Å². The van der Waals surface area contributed by atoms with E-state index in [9.17, 15) is 22.8 Å². The van der Waals surface area contributed by atoms with Gasteiger partial charge in [-0.05, 0) is 56.7 Å². The maximum absolute atomic E-state index is 12.5. The predicted octanol–water partition coefficient (Wildman–Crippen LogP) is 4.30. The Bertz CT molecular complexity index is 1060. The third-order valence-electron chi connectivity index (χ3n) is 5.57. The number of aryl methyl sites for hydroxylation is 2. The molecule has 0 bridgehead atoms. The number of carbonyl (C=O) groups excluding carboxylic acids is 1. The average Bonchev–Trinajstić information content (AvgIpc) is 3.32. The zero-order valence-electron chi connectivity index (χ0n) is 21.8. The first-order valence-corrected chi connectivity index (χ1v) is 12.6. The van der Waals surface area contributed by atoms with Crippen LogP contribution in [-0.4, -0.2) is 45.6 Å². The molecule has 0 unspecified atom stereocenters. The molecule has 3 N–H and O–H groups in total. The summed E-state index contributed by atoms with van der Waals surface area (Å²) in [6.45, 7) is 8.41. The lowest BCUT2D eigenvalue weighted by Gasteiger charge is -2.21. The van der Waals surface area contributed by atoms with Crippen molar-refractivity contribution in [3.8, 4) is 6.07 Å². The molecule has 0 saturated carbocycles. The summed E-state index contributed by atoms with van der Waals surface area (Å²) in [6.07, 6.45) is 3.46. The monoisotopic (exact) mass is 522 g/mol. The SMILES string of the molecule is CCCCCN(CCC)C(=O)CCN.Cc1ccc(C#N)cn1.O=c1[nH]nc2c(c1C(F)(F)F)CCC2. The Morgan fingerprint density at radius 1 is 1.19 bits per heavy atom. The lowest BCUT2D eigenvalue weighted by atomic mass is 10.1. The number of nitrogens with one attached hydrogen (secondary N) is 1. The molecule has 37 heavy (non-hydrogen) atoms. The molecule has 0 saturated heterocycles. The maximum Gasteiger partial charge on any atom is 0.422 e. The minimum absolute atomic E-state index is 0.0706. The zero-order valence-corrected chi connectivity index (χ0v) is 21.8. The minimum atomic E-state index is -4.58. The van der Waals surface area contributed by atoms with E-state index in [1.54, 1.807) is 12.3 Å². The number of nitrogens with two attached hydrogens (primary N) is 1. The van der Waals surface area contributed by atoms with E-state index in [0.717, 1.165) is 31.6 Å². The van der Waals surface area contributed by atoms with Crippen LogP contribution in [-0.2, 0) is 23.8 Å². The molecule has 0 aliphatic heterocycles. The number of nitriles is 1. The molecule has 1 amide bonds. The molecule has 2 aromatic rings. The van der Waals surface area contributed by atoms with Gasteiger partial charge in [0.15, 0.2) is 0 Å². The van der Waals surface area contributed by atoms with Gasteiger partial charge in [0.05, 0.1) is 11.3 Å². The van der Waals surface area contributed by atoms with Crippen LogP contribution in [0.1, 0.15) is 80.5 Å². The Kier molecular flexibility index (Phi) is 14.1. The fourth-order valence-corrected chi connectivity index (χ4v) is 3.73. The number of fused-ring (bicyclic) bond motifs is 1. The normalized spacial score (nSPS) is 11.8. The van der Waals surface area contributed by atoms with Crippen molar-refractivity contribution in [2.75, 3.05) is 19.6 Å². The van der Waals surface area contributed by atoms with Crippen LogP contribution < -0.4 is 11.3 Å². The quantitative estimate of drug-likeness (QED) is 0.497. The summed E-state index contributed by atoms with van der Waals surface area (Å²) in [5, 5.41) is 13.8. The number of halogens is 3. The van der Waals surface area contributed by atoms with Gasteiger partial charge in [-0.3, -0.25) is 14.6 Å². The fraction of sp³-hybridized carbons (Fsp3) is 0.577. The number of aromatic amines is 1. The Labute approximate surface area is 216 Å². The Balaban J connectivity index is 0.000000285. The van der Waals surface area contributed by atoms with Crippen molar-refractivity contribution >= 4 is 5.91 Å². The standard InChI is InChI=1S/C11H24N2O.C8H7F3N2O.C7H6N2/c1-3-5-6-10-13(9-4-2)11(14)7-8-12;9-8(10,11)6-4-2-1-3-5(4)12-13-7(6)14;1-6-2-3-7(4-8)5-9-6/h3-10,12H2,1-2H3;1-3H2,(H,13,14);2-3,5H,1H3. The summed E-state index contributed by atoms with van der Waals surface area (Å²) >= 11 is 0. The fourth-order valence-electron chi connectivity index (χ4n) is 3.73. The molecule has 204 valence electrons. The second kappa shape index (κ2) is 16.5. The summed E-state index contributed by atoms with van der Waals surface area (Å²) in [7, 11) is 0. The molecular formula is C26H37F3N6O2. The van der Waals surface area contributed by atoms with Crippen molar-refractivity contribution < 1.29 is 18.0 Å². The number of rotatable bonds is 8. The van der Waals surface area contributed by atoms with Crippen LogP contribution in [0.2, 0.25) is 0 Å². The minimum Gasteiger partial charge on any atom is -0.343 e. The van der Waals surface area contributed by atoms with Gasteiger partial charge < -0.3 is 10.6 Å². The van der Waals surface area contributed by atoms with Crippen LogP contribution in [0, 0.1) is 18.3 Å². The highest BCUT2D eigenvalue weighted by atomic mass is 19.4. The number of alkyl halides is 3. The van der Waals surface area contributed by atoms with Gasteiger partial charge in [-0.15, -0.1) is 0 Å². The molecule has 2 heterocycles. The molecular weight excluding hydrogens is 485 g/mol. The number of aromatic nitrogens is 3. The lowest BCUT2D eigenvalue weighted by molar-refractivity contribution is -0.139. The van der Waals surface area contributed by atoms with Gasteiger partial charge in [-0.2, -0.15) is 23.5 Å². The van der Waals surface area contributed by atoms with Gasteiger partial charge in [0.1, 0.15) is 11.6 Å². The van der Waals surface area contributed by atoms with Crippen molar-refractivity contribution in [2.24, 2.45) is 5.73 Å². The Morgan fingerprint density at radius 3 is 2.46 bits per heavy atom. The molecule has 0 aromatic carbocycles. The summed E-state index contributed by atoms with van der Waals surface area (Å²) in [6, 6.07) is 5.56. The summed E-state index contributed by atoms with van der Waals surface area (Å²) in [5.41, 5.74) is 5.15. The van der Waals surface area contributed by atoms with E-state index in [0.29, 0.717) is 43.5 Å². The van der Waals surface area contributed by atoms with Crippen molar-refractivity contribution in [3.05, 3.63) is 56.8 Å². The number of amides is 1. The summed E-state index contributed by atoms with van der Waals surface area (Å²) < 4.78 is 37.4. The molecule has 1 aliphatic carbocycles. The third kappa shape index (κ3) is 11.1. The van der Waals surface area contributed by atoms with Crippen LogP contribution in [0.3, 0.4) is 0 Å². The van der Waals surface area contributed by atoms with Crippen molar-refractivity contribution in [1.29, 1.82) is 5.26 Å². The van der Waals surface area contributed by atoms with Crippen LogP contribution in [0.5, 0.6) is 0 Å². The predicted molar refractivity (Wildman–Crippen MR) is 136 cm³/mol. The van der Waals surface area contributed by atoms with Gasteiger partial charge in [-0.25, -0.2) is 5.10 Å². The van der Waals surface area contributed by atoms with Crippen LogP contribution in [0.15, 0.2) is 23.1 Å². The van der Waals surface area contributed by atoms with E-state index in [2.05, 4.69) is 23.9 Å². The number of unbranched alkanes of at least 4 members (excludes halogenated alkanes) is 2. The number of H-pyrrole nitrogens is 1. The molecule has 3 rings (SSSR count). The lowest BCUT2D eigenvalue weighted by Crippen LogP contribution is -2.33. The van der Waals surface area contributed by atoms with Gasteiger partial charge >= 0.3 is 6.18 Å². The first kappa shape index (κ1) is 31.8.